The van der Waals surface area contributed by atoms with Gasteiger partial charge >= 0.3 is 0 Å². The molecule has 1 amide bonds. The Labute approximate surface area is 119 Å². The zero-order valence-corrected chi connectivity index (χ0v) is 11.7. The van der Waals surface area contributed by atoms with E-state index in [1.807, 2.05) is 23.1 Å². The number of nitrogen functional groups attached to an aromatic ring is 1. The third kappa shape index (κ3) is 2.58. The number of carbonyl (C=O) groups excluding carboxylic acids is 1. The molecule has 0 bridgehead atoms. The second kappa shape index (κ2) is 5.71. The molecule has 0 unspecified atom stereocenters. The summed E-state index contributed by atoms with van der Waals surface area (Å²) in [5, 5.41) is 0. The van der Waals surface area contributed by atoms with Gasteiger partial charge in [-0.05, 0) is 31.0 Å². The van der Waals surface area contributed by atoms with E-state index in [-0.39, 0.29) is 5.91 Å². The zero-order chi connectivity index (χ0) is 13.9. The Morgan fingerprint density at radius 3 is 2.45 bits per heavy atom. The van der Waals surface area contributed by atoms with Gasteiger partial charge in [0.1, 0.15) is 0 Å². The number of carbonyl (C=O) groups is 1. The van der Waals surface area contributed by atoms with Crippen LogP contribution in [0.1, 0.15) is 23.2 Å². The van der Waals surface area contributed by atoms with Gasteiger partial charge in [-0.1, -0.05) is 0 Å². The van der Waals surface area contributed by atoms with Gasteiger partial charge in [0.05, 0.1) is 24.6 Å². The zero-order valence-electron chi connectivity index (χ0n) is 11.7. The lowest BCUT2D eigenvalue weighted by Crippen LogP contribution is -2.36. The first-order chi connectivity index (χ1) is 9.75. The van der Waals surface area contributed by atoms with Crippen molar-refractivity contribution in [3.05, 3.63) is 23.8 Å². The third-order valence-corrected chi connectivity index (χ3v) is 4.02. The molecule has 5 heteroatoms. The second-order valence-electron chi connectivity index (χ2n) is 5.37. The first-order valence-corrected chi connectivity index (χ1v) is 7.27. The summed E-state index contributed by atoms with van der Waals surface area (Å²) in [7, 11) is 0. The van der Waals surface area contributed by atoms with E-state index in [0.29, 0.717) is 11.3 Å². The van der Waals surface area contributed by atoms with Crippen LogP contribution >= 0.6 is 0 Å². The molecule has 0 atom stereocenters. The van der Waals surface area contributed by atoms with E-state index in [2.05, 4.69) is 4.90 Å². The molecule has 0 radical (unpaired) electrons. The summed E-state index contributed by atoms with van der Waals surface area (Å²) in [4.78, 5) is 16.4. The van der Waals surface area contributed by atoms with Gasteiger partial charge in [0.25, 0.3) is 5.91 Å². The van der Waals surface area contributed by atoms with Crippen LogP contribution < -0.4 is 10.6 Å². The summed E-state index contributed by atoms with van der Waals surface area (Å²) in [6.07, 6.45) is 2.21. The van der Waals surface area contributed by atoms with Crippen molar-refractivity contribution in [2.75, 3.05) is 50.0 Å². The minimum absolute atomic E-state index is 0.0997. The number of nitrogens with two attached hydrogens (primary N) is 1. The number of morpholine rings is 1. The highest BCUT2D eigenvalue weighted by Gasteiger charge is 2.21. The monoisotopic (exact) mass is 275 g/mol. The fourth-order valence-corrected chi connectivity index (χ4v) is 2.88. The largest absolute Gasteiger partial charge is 0.397 e. The molecule has 5 nitrogen and oxygen atoms in total. The maximum Gasteiger partial charge on any atom is 0.253 e. The highest BCUT2D eigenvalue weighted by molar-refractivity contribution is 5.96. The Balaban J connectivity index is 1.77. The van der Waals surface area contributed by atoms with Crippen molar-refractivity contribution in [1.29, 1.82) is 0 Å². The number of amides is 1. The van der Waals surface area contributed by atoms with Gasteiger partial charge in [-0.3, -0.25) is 4.79 Å². The molecule has 3 rings (SSSR count). The topological polar surface area (TPSA) is 58.8 Å². The van der Waals surface area contributed by atoms with Gasteiger partial charge in [-0.25, -0.2) is 0 Å². The summed E-state index contributed by atoms with van der Waals surface area (Å²) in [6, 6.07) is 5.66. The van der Waals surface area contributed by atoms with E-state index in [0.717, 1.165) is 57.9 Å². The van der Waals surface area contributed by atoms with Crippen LogP contribution in [0.3, 0.4) is 0 Å². The van der Waals surface area contributed by atoms with Crippen LogP contribution in [-0.4, -0.2) is 50.2 Å². The van der Waals surface area contributed by atoms with E-state index >= 15 is 0 Å². The Hall–Kier alpha value is -1.75. The van der Waals surface area contributed by atoms with Crippen molar-refractivity contribution < 1.29 is 9.53 Å². The number of hydrogen-bond donors (Lipinski definition) is 1. The number of ether oxygens (including phenoxy) is 1. The van der Waals surface area contributed by atoms with Crippen molar-refractivity contribution in [3.63, 3.8) is 0 Å². The quantitative estimate of drug-likeness (QED) is 0.828. The summed E-state index contributed by atoms with van der Waals surface area (Å²) in [6.45, 7) is 4.89. The van der Waals surface area contributed by atoms with Gasteiger partial charge in [0, 0.05) is 31.7 Å². The lowest BCUT2D eigenvalue weighted by Gasteiger charge is -2.30. The predicted molar refractivity (Wildman–Crippen MR) is 79.0 cm³/mol. The van der Waals surface area contributed by atoms with Crippen molar-refractivity contribution in [2.45, 2.75) is 12.8 Å². The van der Waals surface area contributed by atoms with Crippen LogP contribution in [0.25, 0.3) is 0 Å². The normalized spacial score (nSPS) is 19.4. The average molecular weight is 275 g/mol. The Morgan fingerprint density at radius 2 is 1.80 bits per heavy atom. The minimum Gasteiger partial charge on any atom is -0.397 e. The lowest BCUT2D eigenvalue weighted by molar-refractivity contribution is 0.0793. The van der Waals surface area contributed by atoms with Gasteiger partial charge in [0.2, 0.25) is 0 Å². The number of nitrogens with zero attached hydrogens (tertiary/aromatic N) is 2. The van der Waals surface area contributed by atoms with Crippen molar-refractivity contribution in [2.24, 2.45) is 0 Å². The number of anilines is 2. The summed E-state index contributed by atoms with van der Waals surface area (Å²) >= 11 is 0. The molecule has 0 aliphatic carbocycles. The van der Waals surface area contributed by atoms with Gasteiger partial charge < -0.3 is 20.3 Å². The van der Waals surface area contributed by atoms with E-state index in [9.17, 15) is 4.79 Å². The van der Waals surface area contributed by atoms with Crippen molar-refractivity contribution in [1.82, 2.24) is 4.90 Å². The first-order valence-electron chi connectivity index (χ1n) is 7.27. The van der Waals surface area contributed by atoms with E-state index in [4.69, 9.17) is 10.5 Å². The standard InChI is InChI=1S/C15H21N3O2/c16-13-11-12(15(19)18-5-1-2-6-18)3-4-14(13)17-7-9-20-10-8-17/h3-4,11H,1-2,5-10,16H2. The lowest BCUT2D eigenvalue weighted by atomic mass is 10.1. The van der Waals surface area contributed by atoms with Crippen molar-refractivity contribution >= 4 is 17.3 Å². The van der Waals surface area contributed by atoms with Crippen LogP contribution in [0, 0.1) is 0 Å². The molecule has 0 spiro atoms. The Bertz CT molecular complexity index is 492. The van der Waals surface area contributed by atoms with Crippen LogP contribution in [-0.2, 0) is 4.74 Å². The number of rotatable bonds is 2. The second-order valence-corrected chi connectivity index (χ2v) is 5.37. The molecule has 108 valence electrons. The average Bonchev–Trinajstić information content (AvgIpc) is 3.01. The molecule has 0 aromatic heterocycles. The van der Waals surface area contributed by atoms with Crippen LogP contribution in [0.15, 0.2) is 18.2 Å². The molecule has 2 saturated heterocycles. The van der Waals surface area contributed by atoms with Crippen LogP contribution in [0.5, 0.6) is 0 Å². The highest BCUT2D eigenvalue weighted by atomic mass is 16.5. The number of likely N-dealkylation sites (tertiary alicyclic amines) is 1. The molecule has 2 aliphatic rings. The van der Waals surface area contributed by atoms with E-state index in [1.165, 1.54) is 0 Å². The number of benzene rings is 1. The maximum absolute atomic E-state index is 12.3. The smallest absolute Gasteiger partial charge is 0.253 e. The van der Waals surface area contributed by atoms with Crippen LogP contribution in [0.4, 0.5) is 11.4 Å². The molecule has 2 fully saturated rings. The number of hydrogen-bond acceptors (Lipinski definition) is 4. The molecule has 0 saturated carbocycles. The molecular weight excluding hydrogens is 254 g/mol. The van der Waals surface area contributed by atoms with E-state index in [1.54, 1.807) is 0 Å². The molecule has 2 aliphatic heterocycles. The van der Waals surface area contributed by atoms with Crippen LogP contribution in [0.2, 0.25) is 0 Å². The molecule has 1 aromatic rings. The van der Waals surface area contributed by atoms with Gasteiger partial charge in [0.15, 0.2) is 0 Å². The van der Waals surface area contributed by atoms with Gasteiger partial charge in [-0.15, -0.1) is 0 Å². The molecule has 20 heavy (non-hydrogen) atoms. The fourth-order valence-electron chi connectivity index (χ4n) is 2.88. The first kappa shape index (κ1) is 13.2. The molecular formula is C15H21N3O2. The predicted octanol–water partition coefficient (Wildman–Crippen LogP) is 1.34. The molecule has 2 N–H and O–H groups in total. The fraction of sp³-hybridized carbons (Fsp3) is 0.533. The minimum atomic E-state index is 0.0997. The summed E-state index contributed by atoms with van der Waals surface area (Å²) in [5.41, 5.74) is 8.51. The van der Waals surface area contributed by atoms with Crippen molar-refractivity contribution in [3.8, 4) is 0 Å². The summed E-state index contributed by atoms with van der Waals surface area (Å²) < 4.78 is 5.35. The third-order valence-electron chi connectivity index (χ3n) is 4.02. The molecule has 2 heterocycles. The van der Waals surface area contributed by atoms with E-state index < -0.39 is 0 Å². The SMILES string of the molecule is Nc1cc(C(=O)N2CCCC2)ccc1N1CCOCC1. The molecule has 1 aromatic carbocycles. The Kier molecular flexibility index (Phi) is 3.78. The maximum atomic E-state index is 12.3. The summed E-state index contributed by atoms with van der Waals surface area (Å²) in [5.74, 6) is 0.0997. The highest BCUT2D eigenvalue weighted by Crippen LogP contribution is 2.26. The van der Waals surface area contributed by atoms with Gasteiger partial charge in [-0.2, -0.15) is 0 Å². The Morgan fingerprint density at radius 1 is 1.10 bits per heavy atom.